The summed E-state index contributed by atoms with van der Waals surface area (Å²) in [6.45, 7) is 5.02. The van der Waals surface area contributed by atoms with Gasteiger partial charge in [0.2, 0.25) is 5.91 Å². The van der Waals surface area contributed by atoms with Crippen molar-refractivity contribution >= 4 is 5.91 Å². The molecule has 2 aliphatic rings. The maximum Gasteiger partial charge on any atom is 0.230 e. The van der Waals surface area contributed by atoms with E-state index in [2.05, 4.69) is 35.3 Å². The number of nitrogens with one attached hydrogen (secondary N) is 1. The number of hydrogen-bond acceptors (Lipinski definition) is 2. The first-order valence-corrected chi connectivity index (χ1v) is 8.39. The highest BCUT2D eigenvalue weighted by Crippen LogP contribution is 2.36. The van der Waals surface area contributed by atoms with Crippen LogP contribution in [0.1, 0.15) is 49.7 Å². The normalized spacial score (nSPS) is 24.0. The average molecular weight is 286 g/mol. The van der Waals surface area contributed by atoms with Gasteiger partial charge in [-0.3, -0.25) is 4.79 Å². The molecule has 1 N–H and O–H groups in total. The largest absolute Gasteiger partial charge is 0.341 e. The Morgan fingerprint density at radius 2 is 2.19 bits per heavy atom. The zero-order valence-electron chi connectivity index (χ0n) is 13.0. The molecule has 1 aliphatic carbocycles. The molecule has 3 nitrogen and oxygen atoms in total. The van der Waals surface area contributed by atoms with Gasteiger partial charge in [-0.1, -0.05) is 37.6 Å². The van der Waals surface area contributed by atoms with Crippen LogP contribution in [0.25, 0.3) is 0 Å². The van der Waals surface area contributed by atoms with E-state index in [0.29, 0.717) is 11.9 Å². The molecule has 21 heavy (non-hydrogen) atoms. The van der Waals surface area contributed by atoms with Gasteiger partial charge in [0.15, 0.2) is 0 Å². The highest BCUT2D eigenvalue weighted by atomic mass is 16.2. The minimum Gasteiger partial charge on any atom is -0.341 e. The second-order valence-electron chi connectivity index (χ2n) is 6.39. The lowest BCUT2D eigenvalue weighted by Gasteiger charge is -2.36. The van der Waals surface area contributed by atoms with E-state index in [1.165, 1.54) is 30.4 Å². The van der Waals surface area contributed by atoms with Gasteiger partial charge in [0.25, 0.3) is 0 Å². The number of piperidine rings is 1. The average Bonchev–Trinajstić information content (AvgIpc) is 2.49. The van der Waals surface area contributed by atoms with Crippen LogP contribution in [0.3, 0.4) is 0 Å². The Morgan fingerprint density at radius 3 is 2.90 bits per heavy atom. The molecule has 114 valence electrons. The van der Waals surface area contributed by atoms with Crippen LogP contribution in [-0.2, 0) is 11.2 Å². The molecule has 2 unspecified atom stereocenters. The fourth-order valence-electron chi connectivity index (χ4n) is 3.61. The Hall–Kier alpha value is -1.35. The Labute approximate surface area is 127 Å². The standard InChI is InChI=1S/C18H26N2O/c1-2-11-20(13-15-8-5-6-10-19-15)18(21)17-12-14-7-3-4-9-16(14)17/h3-4,7,9,15,17,19H,2,5-6,8,10-13H2,1H3. The monoisotopic (exact) mass is 286 g/mol. The number of nitrogens with zero attached hydrogens (tertiary/aromatic N) is 1. The van der Waals surface area contributed by atoms with Crippen LogP contribution >= 0.6 is 0 Å². The van der Waals surface area contributed by atoms with Crippen molar-refractivity contribution in [3.8, 4) is 0 Å². The predicted molar refractivity (Wildman–Crippen MR) is 85.4 cm³/mol. The van der Waals surface area contributed by atoms with E-state index >= 15 is 0 Å². The fourth-order valence-corrected chi connectivity index (χ4v) is 3.61. The number of carbonyl (C=O) groups is 1. The van der Waals surface area contributed by atoms with Crippen molar-refractivity contribution < 1.29 is 4.79 Å². The zero-order valence-corrected chi connectivity index (χ0v) is 13.0. The third kappa shape index (κ3) is 3.13. The van der Waals surface area contributed by atoms with Gasteiger partial charge in [0.1, 0.15) is 0 Å². The number of rotatable bonds is 5. The van der Waals surface area contributed by atoms with Crippen LogP contribution in [0.4, 0.5) is 0 Å². The van der Waals surface area contributed by atoms with Crippen molar-refractivity contribution in [2.24, 2.45) is 0 Å². The van der Waals surface area contributed by atoms with E-state index in [9.17, 15) is 4.79 Å². The van der Waals surface area contributed by atoms with Crippen molar-refractivity contribution in [2.45, 2.75) is 51.0 Å². The summed E-state index contributed by atoms with van der Waals surface area (Å²) in [6, 6.07) is 8.86. The third-order valence-corrected chi connectivity index (χ3v) is 4.81. The molecule has 0 bridgehead atoms. The summed E-state index contributed by atoms with van der Waals surface area (Å²) >= 11 is 0. The Kier molecular flexibility index (Phi) is 4.59. The van der Waals surface area contributed by atoms with Crippen molar-refractivity contribution in [3.05, 3.63) is 35.4 Å². The lowest BCUT2D eigenvalue weighted by Crippen LogP contribution is -2.48. The minimum absolute atomic E-state index is 0.108. The number of carbonyl (C=O) groups excluding carboxylic acids is 1. The first-order valence-electron chi connectivity index (χ1n) is 8.39. The number of fused-ring (bicyclic) bond motifs is 1. The van der Waals surface area contributed by atoms with E-state index in [1.807, 2.05) is 6.07 Å². The summed E-state index contributed by atoms with van der Waals surface area (Å²) in [5.41, 5.74) is 2.60. The van der Waals surface area contributed by atoms with E-state index in [4.69, 9.17) is 0 Å². The van der Waals surface area contributed by atoms with Crippen LogP contribution in [0.2, 0.25) is 0 Å². The van der Waals surface area contributed by atoms with Crippen LogP contribution in [0.15, 0.2) is 24.3 Å². The SMILES string of the molecule is CCCN(CC1CCCCN1)C(=O)C1Cc2ccccc21. The molecule has 1 heterocycles. The van der Waals surface area contributed by atoms with Crippen molar-refractivity contribution in [1.29, 1.82) is 0 Å². The molecule has 1 amide bonds. The Morgan fingerprint density at radius 1 is 1.33 bits per heavy atom. The van der Waals surface area contributed by atoms with Gasteiger partial charge in [-0.15, -0.1) is 0 Å². The van der Waals surface area contributed by atoms with Gasteiger partial charge in [-0.2, -0.15) is 0 Å². The first-order chi connectivity index (χ1) is 10.3. The van der Waals surface area contributed by atoms with Gasteiger partial charge in [0.05, 0.1) is 5.92 Å². The maximum absolute atomic E-state index is 12.9. The van der Waals surface area contributed by atoms with Gasteiger partial charge >= 0.3 is 0 Å². The van der Waals surface area contributed by atoms with Crippen molar-refractivity contribution in [2.75, 3.05) is 19.6 Å². The quantitative estimate of drug-likeness (QED) is 0.902. The maximum atomic E-state index is 12.9. The molecule has 0 saturated carbocycles. The van der Waals surface area contributed by atoms with Gasteiger partial charge < -0.3 is 10.2 Å². The summed E-state index contributed by atoms with van der Waals surface area (Å²) in [5.74, 6) is 0.444. The second-order valence-corrected chi connectivity index (χ2v) is 6.39. The van der Waals surface area contributed by atoms with Gasteiger partial charge in [-0.25, -0.2) is 0 Å². The molecule has 1 saturated heterocycles. The summed E-state index contributed by atoms with van der Waals surface area (Å²) in [6.07, 6.45) is 5.72. The number of benzene rings is 1. The van der Waals surface area contributed by atoms with Crippen LogP contribution in [0.5, 0.6) is 0 Å². The number of hydrogen-bond donors (Lipinski definition) is 1. The van der Waals surface area contributed by atoms with E-state index < -0.39 is 0 Å². The second kappa shape index (κ2) is 6.61. The fraction of sp³-hybridized carbons (Fsp3) is 0.611. The van der Waals surface area contributed by atoms with Gasteiger partial charge in [-0.05, 0) is 43.4 Å². The Balaban J connectivity index is 1.65. The third-order valence-electron chi connectivity index (χ3n) is 4.81. The van der Waals surface area contributed by atoms with E-state index in [1.54, 1.807) is 0 Å². The summed E-state index contributed by atoms with van der Waals surface area (Å²) in [7, 11) is 0. The molecular formula is C18H26N2O. The van der Waals surface area contributed by atoms with Crippen LogP contribution < -0.4 is 5.32 Å². The molecule has 0 radical (unpaired) electrons. The van der Waals surface area contributed by atoms with Crippen molar-refractivity contribution in [1.82, 2.24) is 10.2 Å². The molecule has 0 spiro atoms. The van der Waals surface area contributed by atoms with Gasteiger partial charge in [0, 0.05) is 19.1 Å². The molecule has 1 aromatic carbocycles. The lowest BCUT2D eigenvalue weighted by atomic mass is 9.76. The Bertz CT molecular complexity index is 494. The zero-order chi connectivity index (χ0) is 14.7. The molecule has 2 atom stereocenters. The lowest BCUT2D eigenvalue weighted by molar-refractivity contribution is -0.134. The molecule has 3 rings (SSSR count). The topological polar surface area (TPSA) is 32.3 Å². The molecular weight excluding hydrogens is 260 g/mol. The highest BCUT2D eigenvalue weighted by Gasteiger charge is 2.35. The molecule has 0 aromatic heterocycles. The molecule has 3 heteroatoms. The number of amides is 1. The predicted octanol–water partition coefficient (Wildman–Crippen LogP) is 2.71. The molecule has 1 aromatic rings. The smallest absolute Gasteiger partial charge is 0.230 e. The molecule has 1 fully saturated rings. The highest BCUT2D eigenvalue weighted by molar-refractivity contribution is 5.87. The first kappa shape index (κ1) is 14.6. The van der Waals surface area contributed by atoms with E-state index in [0.717, 1.165) is 32.5 Å². The van der Waals surface area contributed by atoms with Crippen molar-refractivity contribution in [3.63, 3.8) is 0 Å². The van der Waals surface area contributed by atoms with Crippen LogP contribution in [-0.4, -0.2) is 36.5 Å². The van der Waals surface area contributed by atoms with Crippen LogP contribution in [0, 0.1) is 0 Å². The minimum atomic E-state index is 0.108. The van der Waals surface area contributed by atoms with E-state index in [-0.39, 0.29) is 5.92 Å². The molecule has 1 aliphatic heterocycles. The summed E-state index contributed by atoms with van der Waals surface area (Å²) in [5, 5.41) is 3.56. The summed E-state index contributed by atoms with van der Waals surface area (Å²) in [4.78, 5) is 15.0. The summed E-state index contributed by atoms with van der Waals surface area (Å²) < 4.78 is 0.